The van der Waals surface area contributed by atoms with E-state index in [1.165, 1.54) is 16.7 Å². The fourth-order valence-electron chi connectivity index (χ4n) is 2.02. The third kappa shape index (κ3) is 3.74. The second-order valence-electron chi connectivity index (χ2n) is 4.98. The smallest absolute Gasteiger partial charge is 0.00196 e. The fourth-order valence-corrected chi connectivity index (χ4v) is 2.02. The zero-order chi connectivity index (χ0) is 12.1. The number of benzene rings is 2. The van der Waals surface area contributed by atoms with E-state index in [-0.39, 0.29) is 0 Å². The van der Waals surface area contributed by atoms with Crippen molar-refractivity contribution in [1.82, 2.24) is 0 Å². The van der Waals surface area contributed by atoms with Crippen LogP contribution in [0.15, 0.2) is 48.5 Å². The van der Waals surface area contributed by atoms with Crippen LogP contribution in [-0.4, -0.2) is 0 Å². The SMILES string of the molecule is CC(C)Cc1ccc(Cc2[c]cccc2)cc1. The van der Waals surface area contributed by atoms with Gasteiger partial charge in [0.05, 0.1) is 0 Å². The van der Waals surface area contributed by atoms with Gasteiger partial charge in [-0.15, -0.1) is 0 Å². The van der Waals surface area contributed by atoms with E-state index in [0.717, 1.165) is 18.8 Å². The normalized spacial score (nSPS) is 10.8. The van der Waals surface area contributed by atoms with Crippen molar-refractivity contribution in [1.29, 1.82) is 0 Å². The van der Waals surface area contributed by atoms with Crippen molar-refractivity contribution >= 4 is 0 Å². The van der Waals surface area contributed by atoms with Gasteiger partial charge in [-0.1, -0.05) is 62.4 Å². The van der Waals surface area contributed by atoms with Crippen LogP contribution in [0.3, 0.4) is 0 Å². The van der Waals surface area contributed by atoms with Gasteiger partial charge in [-0.05, 0) is 41.5 Å². The molecule has 2 rings (SSSR count). The van der Waals surface area contributed by atoms with Crippen molar-refractivity contribution in [2.75, 3.05) is 0 Å². The second kappa shape index (κ2) is 5.67. The fraction of sp³-hybridized carbons (Fsp3) is 0.294. The van der Waals surface area contributed by atoms with Gasteiger partial charge in [0, 0.05) is 0 Å². The number of hydrogen-bond acceptors (Lipinski definition) is 0. The Bertz CT molecular complexity index is 437. The van der Waals surface area contributed by atoms with Gasteiger partial charge in [0.1, 0.15) is 0 Å². The molecule has 2 aromatic rings. The van der Waals surface area contributed by atoms with E-state index in [1.807, 2.05) is 12.1 Å². The molecule has 2 aromatic carbocycles. The summed E-state index contributed by atoms with van der Waals surface area (Å²) < 4.78 is 0. The topological polar surface area (TPSA) is 0 Å². The van der Waals surface area contributed by atoms with Crippen LogP contribution in [-0.2, 0) is 12.8 Å². The molecule has 0 bridgehead atoms. The predicted octanol–water partition coefficient (Wildman–Crippen LogP) is 4.28. The third-order valence-corrected chi connectivity index (χ3v) is 2.83. The molecule has 1 radical (unpaired) electrons. The van der Waals surface area contributed by atoms with Crippen LogP contribution in [0.25, 0.3) is 0 Å². The molecule has 0 aliphatic heterocycles. The lowest BCUT2D eigenvalue weighted by molar-refractivity contribution is 0.647. The number of rotatable bonds is 4. The highest BCUT2D eigenvalue weighted by Gasteiger charge is 1.99. The summed E-state index contributed by atoms with van der Waals surface area (Å²) in [5.74, 6) is 0.725. The Labute approximate surface area is 104 Å². The molecular weight excluding hydrogens is 204 g/mol. The van der Waals surface area contributed by atoms with Crippen LogP contribution in [0.1, 0.15) is 30.5 Å². The molecule has 0 saturated heterocycles. The van der Waals surface area contributed by atoms with E-state index < -0.39 is 0 Å². The average molecular weight is 223 g/mol. The lowest BCUT2D eigenvalue weighted by atomic mass is 9.99. The van der Waals surface area contributed by atoms with Gasteiger partial charge < -0.3 is 0 Å². The second-order valence-corrected chi connectivity index (χ2v) is 4.98. The molecule has 0 nitrogen and oxygen atoms in total. The molecule has 0 aromatic heterocycles. The Kier molecular flexibility index (Phi) is 3.98. The first-order valence-electron chi connectivity index (χ1n) is 6.27. The van der Waals surface area contributed by atoms with Gasteiger partial charge in [-0.3, -0.25) is 0 Å². The Morgan fingerprint density at radius 3 is 2.24 bits per heavy atom. The van der Waals surface area contributed by atoms with Crippen molar-refractivity contribution in [3.8, 4) is 0 Å². The van der Waals surface area contributed by atoms with Crippen LogP contribution in [0.4, 0.5) is 0 Å². The van der Waals surface area contributed by atoms with Crippen LogP contribution in [0.2, 0.25) is 0 Å². The minimum atomic E-state index is 0.725. The summed E-state index contributed by atoms with van der Waals surface area (Å²) in [4.78, 5) is 0. The largest absolute Gasteiger partial charge is 0.0625 e. The van der Waals surface area contributed by atoms with Crippen molar-refractivity contribution in [3.05, 3.63) is 71.3 Å². The molecule has 17 heavy (non-hydrogen) atoms. The van der Waals surface area contributed by atoms with Gasteiger partial charge in [0.25, 0.3) is 0 Å². The maximum Gasteiger partial charge on any atom is -0.00196 e. The van der Waals surface area contributed by atoms with Crippen LogP contribution in [0, 0.1) is 12.0 Å². The van der Waals surface area contributed by atoms with Crippen LogP contribution in [0.5, 0.6) is 0 Å². The van der Waals surface area contributed by atoms with E-state index in [2.05, 4.69) is 56.3 Å². The summed E-state index contributed by atoms with van der Waals surface area (Å²) >= 11 is 0. The number of hydrogen-bond donors (Lipinski definition) is 0. The summed E-state index contributed by atoms with van der Waals surface area (Å²) in [6.07, 6.45) is 2.14. The molecular formula is C17H19. The van der Waals surface area contributed by atoms with Crippen molar-refractivity contribution < 1.29 is 0 Å². The van der Waals surface area contributed by atoms with Gasteiger partial charge in [-0.2, -0.15) is 0 Å². The summed E-state index contributed by atoms with van der Waals surface area (Å²) in [6, 6.07) is 20.4. The summed E-state index contributed by atoms with van der Waals surface area (Å²) in [5.41, 5.74) is 4.05. The highest BCUT2D eigenvalue weighted by molar-refractivity contribution is 5.28. The zero-order valence-electron chi connectivity index (χ0n) is 10.6. The summed E-state index contributed by atoms with van der Waals surface area (Å²) in [6.45, 7) is 4.51. The molecule has 0 unspecified atom stereocenters. The van der Waals surface area contributed by atoms with Crippen molar-refractivity contribution in [2.24, 2.45) is 5.92 Å². The third-order valence-electron chi connectivity index (χ3n) is 2.83. The first kappa shape index (κ1) is 11.9. The Morgan fingerprint density at radius 2 is 1.65 bits per heavy atom. The maximum atomic E-state index is 3.26. The highest BCUT2D eigenvalue weighted by Crippen LogP contribution is 2.12. The molecule has 0 atom stereocenters. The van der Waals surface area contributed by atoms with E-state index in [1.54, 1.807) is 0 Å². The van der Waals surface area contributed by atoms with E-state index in [9.17, 15) is 0 Å². The Balaban J connectivity index is 2.03. The molecule has 0 spiro atoms. The van der Waals surface area contributed by atoms with Gasteiger partial charge >= 0.3 is 0 Å². The van der Waals surface area contributed by atoms with Crippen molar-refractivity contribution in [3.63, 3.8) is 0 Å². The molecule has 0 amide bonds. The summed E-state index contributed by atoms with van der Waals surface area (Å²) in [7, 11) is 0. The molecule has 0 aliphatic rings. The highest BCUT2D eigenvalue weighted by atomic mass is 14.0. The summed E-state index contributed by atoms with van der Waals surface area (Å²) in [5, 5.41) is 0. The average Bonchev–Trinajstić information content (AvgIpc) is 2.32. The monoisotopic (exact) mass is 223 g/mol. The molecule has 0 aliphatic carbocycles. The minimum Gasteiger partial charge on any atom is -0.0625 e. The van der Waals surface area contributed by atoms with Gasteiger partial charge in [0.2, 0.25) is 0 Å². The lowest BCUT2D eigenvalue weighted by Crippen LogP contribution is -1.94. The minimum absolute atomic E-state index is 0.725. The van der Waals surface area contributed by atoms with E-state index in [0.29, 0.717) is 0 Å². The molecule has 0 heteroatoms. The van der Waals surface area contributed by atoms with E-state index >= 15 is 0 Å². The quantitative estimate of drug-likeness (QED) is 0.726. The molecule has 0 saturated carbocycles. The molecule has 0 fully saturated rings. The first-order valence-corrected chi connectivity index (χ1v) is 6.27. The standard InChI is InChI=1S/C17H19/c1-14(2)12-16-8-10-17(11-9-16)13-15-6-4-3-5-7-15/h3-6,8-11,14H,12-13H2,1-2H3. The first-order chi connectivity index (χ1) is 8.24. The molecule has 0 N–H and O–H groups in total. The molecule has 0 heterocycles. The van der Waals surface area contributed by atoms with Crippen LogP contribution < -0.4 is 0 Å². The van der Waals surface area contributed by atoms with E-state index in [4.69, 9.17) is 0 Å². The van der Waals surface area contributed by atoms with Gasteiger partial charge in [-0.25, -0.2) is 0 Å². The van der Waals surface area contributed by atoms with Gasteiger partial charge in [0.15, 0.2) is 0 Å². The zero-order valence-corrected chi connectivity index (χ0v) is 10.6. The van der Waals surface area contributed by atoms with Crippen molar-refractivity contribution in [2.45, 2.75) is 26.7 Å². The molecule has 87 valence electrons. The lowest BCUT2D eigenvalue weighted by Gasteiger charge is -2.06. The Hall–Kier alpha value is -1.56. The van der Waals surface area contributed by atoms with Crippen LogP contribution >= 0.6 is 0 Å². The Morgan fingerprint density at radius 1 is 0.941 bits per heavy atom. The maximum absolute atomic E-state index is 3.26. The predicted molar refractivity (Wildman–Crippen MR) is 73.1 cm³/mol.